The van der Waals surface area contributed by atoms with Crippen LogP contribution < -0.4 is 10.1 Å². The Morgan fingerprint density at radius 1 is 1.13 bits per heavy atom. The average molecular weight is 664 g/mol. The summed E-state index contributed by atoms with van der Waals surface area (Å²) in [7, 11) is -2.15. The van der Waals surface area contributed by atoms with Crippen molar-refractivity contribution in [1.82, 2.24) is 9.21 Å². The smallest absolute Gasteiger partial charge is 0.258 e. The van der Waals surface area contributed by atoms with Crippen LogP contribution in [0.15, 0.2) is 39.9 Å². The number of amides is 2. The molecule has 1 aromatic carbocycles. The van der Waals surface area contributed by atoms with Crippen molar-refractivity contribution in [1.29, 1.82) is 0 Å². The molecule has 2 heterocycles. The average Bonchev–Trinajstić information content (AvgIpc) is 3.59. The van der Waals surface area contributed by atoms with Crippen molar-refractivity contribution in [2.24, 2.45) is 11.8 Å². The van der Waals surface area contributed by atoms with Crippen molar-refractivity contribution in [3.05, 3.63) is 41.3 Å². The maximum atomic E-state index is 14.3. The van der Waals surface area contributed by atoms with Crippen molar-refractivity contribution in [3.8, 4) is 5.75 Å². The van der Waals surface area contributed by atoms with Gasteiger partial charge in [-0.15, -0.1) is 11.3 Å². The van der Waals surface area contributed by atoms with Gasteiger partial charge in [0.1, 0.15) is 9.96 Å². The fraction of sp³-hybridized carbons (Fsp3) is 0.636. The molecular formula is C33H49N3O7S2. The molecule has 0 spiro atoms. The number of nitrogens with one attached hydrogen (secondary N) is 1. The zero-order valence-corrected chi connectivity index (χ0v) is 28.6. The second kappa shape index (κ2) is 16.4. The van der Waals surface area contributed by atoms with E-state index < -0.39 is 22.2 Å². The van der Waals surface area contributed by atoms with Gasteiger partial charge in [-0.05, 0) is 75.6 Å². The number of fused-ring (bicyclic) bond motifs is 1. The normalized spacial score (nSPS) is 23.6. The third-order valence-corrected chi connectivity index (χ3v) is 12.1. The Kier molecular flexibility index (Phi) is 12.8. The molecular weight excluding hydrogens is 615 g/mol. The first-order valence-electron chi connectivity index (χ1n) is 16.2. The van der Waals surface area contributed by atoms with Crippen LogP contribution in [-0.4, -0.2) is 86.1 Å². The second-order valence-corrected chi connectivity index (χ2v) is 15.8. The molecule has 0 unspecified atom stereocenters. The van der Waals surface area contributed by atoms with Gasteiger partial charge in [0, 0.05) is 44.3 Å². The van der Waals surface area contributed by atoms with Gasteiger partial charge in [-0.2, -0.15) is 4.31 Å². The molecule has 1 aliphatic carbocycles. The van der Waals surface area contributed by atoms with Gasteiger partial charge in [-0.1, -0.05) is 32.3 Å². The van der Waals surface area contributed by atoms with Crippen molar-refractivity contribution >= 4 is 38.9 Å². The first-order valence-corrected chi connectivity index (χ1v) is 18.5. The molecule has 250 valence electrons. The molecule has 1 aromatic heterocycles. The fourth-order valence-electron chi connectivity index (χ4n) is 5.99. The lowest BCUT2D eigenvalue weighted by atomic mass is 9.88. The molecule has 0 bridgehead atoms. The molecule has 2 N–H and O–H groups in total. The van der Waals surface area contributed by atoms with Crippen LogP contribution in [0.5, 0.6) is 5.75 Å². The van der Waals surface area contributed by atoms with E-state index in [2.05, 4.69) is 5.32 Å². The summed E-state index contributed by atoms with van der Waals surface area (Å²) >= 11 is 1.17. The highest BCUT2D eigenvalue weighted by atomic mass is 32.2. The number of carbonyl (C=O) groups excluding carboxylic acids is 2. The number of likely N-dealkylation sites (N-methyl/N-ethyl adjacent to an activating group) is 1. The van der Waals surface area contributed by atoms with Gasteiger partial charge >= 0.3 is 0 Å². The number of ether oxygens (including phenoxy) is 2. The molecule has 0 radical (unpaired) electrons. The third kappa shape index (κ3) is 9.28. The van der Waals surface area contributed by atoms with Crippen LogP contribution in [0.25, 0.3) is 0 Å². The Morgan fingerprint density at radius 3 is 2.56 bits per heavy atom. The van der Waals surface area contributed by atoms with Crippen molar-refractivity contribution in [3.63, 3.8) is 0 Å². The number of benzene rings is 1. The molecule has 10 nitrogen and oxygen atoms in total. The molecule has 2 aromatic rings. The fourth-order valence-corrected chi connectivity index (χ4v) is 8.37. The van der Waals surface area contributed by atoms with E-state index in [1.807, 2.05) is 13.8 Å². The number of hydrogen-bond acceptors (Lipinski definition) is 8. The van der Waals surface area contributed by atoms with Gasteiger partial charge in [-0.25, -0.2) is 8.42 Å². The number of carbonyl (C=O) groups is 2. The minimum Gasteiger partial charge on any atom is -0.490 e. The summed E-state index contributed by atoms with van der Waals surface area (Å²) in [6.45, 7) is 6.18. The maximum Gasteiger partial charge on any atom is 0.258 e. The van der Waals surface area contributed by atoms with Crippen molar-refractivity contribution in [2.45, 2.75) is 94.6 Å². The van der Waals surface area contributed by atoms with Crippen LogP contribution in [-0.2, 0) is 19.6 Å². The first-order chi connectivity index (χ1) is 21.5. The van der Waals surface area contributed by atoms with Gasteiger partial charge in [-0.3, -0.25) is 9.59 Å². The van der Waals surface area contributed by atoms with E-state index in [9.17, 15) is 23.1 Å². The van der Waals surface area contributed by atoms with E-state index in [4.69, 9.17) is 9.47 Å². The lowest BCUT2D eigenvalue weighted by molar-refractivity contribution is -0.120. The zero-order chi connectivity index (χ0) is 32.6. The quantitative estimate of drug-likeness (QED) is 0.388. The second-order valence-electron chi connectivity index (χ2n) is 12.6. The van der Waals surface area contributed by atoms with Gasteiger partial charge in [0.25, 0.3) is 15.9 Å². The SMILES string of the molecule is C[C@@H]1CCCCO[C@@H](CN(C)S(=O)(=O)c2cccs2)[C@@H](C)CN([C@@H](C)CO)C(=O)c2cc(NC(=O)C3CCCCC3)ccc2O1. The van der Waals surface area contributed by atoms with Crippen LogP contribution in [0.4, 0.5) is 5.69 Å². The van der Waals surface area contributed by atoms with E-state index in [1.165, 1.54) is 15.6 Å². The lowest BCUT2D eigenvalue weighted by Crippen LogP contribution is -2.48. The first kappa shape index (κ1) is 35.3. The third-order valence-electron chi connectivity index (χ3n) is 8.89. The monoisotopic (exact) mass is 663 g/mol. The van der Waals surface area contributed by atoms with E-state index >= 15 is 0 Å². The number of nitrogens with zero attached hydrogens (tertiary/aromatic N) is 2. The summed E-state index contributed by atoms with van der Waals surface area (Å²) in [4.78, 5) is 29.0. The van der Waals surface area contributed by atoms with E-state index in [0.29, 0.717) is 23.6 Å². The molecule has 12 heteroatoms. The van der Waals surface area contributed by atoms with E-state index in [-0.39, 0.29) is 53.7 Å². The highest BCUT2D eigenvalue weighted by molar-refractivity contribution is 7.91. The van der Waals surface area contributed by atoms with Crippen LogP contribution >= 0.6 is 11.3 Å². The zero-order valence-electron chi connectivity index (χ0n) is 26.9. The summed E-state index contributed by atoms with van der Waals surface area (Å²) in [5.41, 5.74) is 0.837. The predicted molar refractivity (Wildman–Crippen MR) is 176 cm³/mol. The predicted octanol–water partition coefficient (Wildman–Crippen LogP) is 5.38. The number of hydrogen-bond donors (Lipinski definition) is 2. The number of aliphatic hydroxyl groups is 1. The van der Waals surface area contributed by atoms with E-state index in [1.54, 1.807) is 54.6 Å². The van der Waals surface area contributed by atoms with Gasteiger partial charge < -0.3 is 24.8 Å². The molecule has 1 fully saturated rings. The Bertz CT molecular complexity index is 1360. The summed E-state index contributed by atoms with van der Waals surface area (Å²) < 4.78 is 40.6. The summed E-state index contributed by atoms with van der Waals surface area (Å²) in [5.74, 6) is -0.255. The molecule has 1 saturated carbocycles. The molecule has 2 amide bonds. The van der Waals surface area contributed by atoms with Gasteiger partial charge in [0.05, 0.1) is 30.4 Å². The topological polar surface area (TPSA) is 125 Å². The van der Waals surface area contributed by atoms with Crippen LogP contribution in [0, 0.1) is 11.8 Å². The minimum absolute atomic E-state index is 0.0342. The molecule has 4 rings (SSSR count). The van der Waals surface area contributed by atoms with Gasteiger partial charge in [0.2, 0.25) is 5.91 Å². The Hall–Kier alpha value is -2.51. The molecule has 1 aliphatic heterocycles. The molecule has 4 atom stereocenters. The summed E-state index contributed by atoms with van der Waals surface area (Å²) in [5, 5.41) is 14.9. The minimum atomic E-state index is -3.69. The standard InChI is InChI=1S/C33H49N3O7S2/c1-23-20-36(24(2)22-37)33(39)28-19-27(34-32(38)26-12-6-5-7-13-26)15-16-29(28)43-25(3)11-8-9-17-42-30(23)21-35(4)45(40,41)31-14-10-18-44-31/h10,14-16,18-19,23-26,30,37H,5-9,11-13,17,20-22H2,1-4H3,(H,34,38)/t23-,24-,25+,30-/m0/s1. The lowest BCUT2D eigenvalue weighted by Gasteiger charge is -2.35. The number of sulfonamides is 1. The summed E-state index contributed by atoms with van der Waals surface area (Å²) in [6, 6.07) is 7.96. The number of anilines is 1. The highest BCUT2D eigenvalue weighted by Gasteiger charge is 2.33. The van der Waals surface area contributed by atoms with E-state index in [0.717, 1.165) is 51.4 Å². The van der Waals surface area contributed by atoms with Crippen molar-refractivity contribution in [2.75, 3.05) is 38.7 Å². The number of thiophene rings is 1. The molecule has 45 heavy (non-hydrogen) atoms. The molecule has 0 saturated heterocycles. The number of rotatable bonds is 8. The Labute approximate surface area is 272 Å². The molecule has 2 aliphatic rings. The Morgan fingerprint density at radius 2 is 1.87 bits per heavy atom. The number of aliphatic hydroxyl groups excluding tert-OH is 1. The van der Waals surface area contributed by atoms with Gasteiger partial charge in [0.15, 0.2) is 0 Å². The van der Waals surface area contributed by atoms with Crippen LogP contribution in [0.2, 0.25) is 0 Å². The summed E-state index contributed by atoms with van der Waals surface area (Å²) in [6.07, 6.45) is 6.62. The van der Waals surface area contributed by atoms with Crippen LogP contribution in [0.1, 0.15) is 82.5 Å². The Balaban J connectivity index is 1.63. The maximum absolute atomic E-state index is 14.3. The van der Waals surface area contributed by atoms with Crippen LogP contribution in [0.3, 0.4) is 0 Å². The van der Waals surface area contributed by atoms with Crippen molar-refractivity contribution < 1.29 is 32.6 Å². The highest BCUT2D eigenvalue weighted by Crippen LogP contribution is 2.30. The largest absolute Gasteiger partial charge is 0.490 e.